The van der Waals surface area contributed by atoms with Crippen molar-refractivity contribution in [3.63, 3.8) is 0 Å². The van der Waals surface area contributed by atoms with Crippen LogP contribution in [0.1, 0.15) is 33.1 Å². The van der Waals surface area contributed by atoms with Crippen LogP contribution in [-0.4, -0.2) is 30.4 Å². The largest absolute Gasteiger partial charge is 0.343 e. The molecule has 1 fully saturated rings. The topological polar surface area (TPSA) is 46.3 Å². The van der Waals surface area contributed by atoms with Gasteiger partial charge in [0.15, 0.2) is 0 Å². The molecule has 0 radical (unpaired) electrons. The highest BCUT2D eigenvalue weighted by molar-refractivity contribution is 5.76. The third-order valence-electron chi connectivity index (χ3n) is 2.83. The molecule has 0 atom stereocenters. The van der Waals surface area contributed by atoms with Crippen LogP contribution >= 0.6 is 0 Å². The van der Waals surface area contributed by atoms with Crippen molar-refractivity contribution in [2.24, 2.45) is 11.1 Å². The molecular formula is C10H20N2O. The highest BCUT2D eigenvalue weighted by Gasteiger charge is 2.27. The number of hydrogen-bond acceptors (Lipinski definition) is 2. The normalized spacial score (nSPS) is 21.6. The fourth-order valence-corrected chi connectivity index (χ4v) is 1.64. The Balaban J connectivity index is 2.36. The molecule has 3 nitrogen and oxygen atoms in total. The lowest BCUT2D eigenvalue weighted by molar-refractivity contribution is -0.133. The van der Waals surface area contributed by atoms with E-state index >= 15 is 0 Å². The maximum Gasteiger partial charge on any atom is 0.223 e. The van der Waals surface area contributed by atoms with Gasteiger partial charge in [0, 0.05) is 26.1 Å². The molecule has 0 spiro atoms. The summed E-state index contributed by atoms with van der Waals surface area (Å²) in [4.78, 5) is 13.4. The summed E-state index contributed by atoms with van der Waals surface area (Å²) in [6.07, 6.45) is 2.73. The number of nitrogens with zero attached hydrogens (tertiary/aromatic N) is 1. The van der Waals surface area contributed by atoms with Crippen molar-refractivity contribution in [2.45, 2.75) is 33.1 Å². The monoisotopic (exact) mass is 184 g/mol. The fraction of sp³-hybridized carbons (Fsp3) is 0.900. The number of amides is 1. The number of carbonyl (C=O) groups excluding carboxylic acids is 1. The summed E-state index contributed by atoms with van der Waals surface area (Å²) in [5.74, 6) is 0.220. The maximum atomic E-state index is 11.5. The second kappa shape index (κ2) is 4.09. The van der Waals surface area contributed by atoms with Crippen molar-refractivity contribution in [1.29, 1.82) is 0 Å². The van der Waals surface area contributed by atoms with Crippen LogP contribution in [-0.2, 0) is 4.79 Å². The Bertz CT molecular complexity index is 179. The van der Waals surface area contributed by atoms with Gasteiger partial charge in [0.1, 0.15) is 0 Å². The summed E-state index contributed by atoms with van der Waals surface area (Å²) in [6, 6.07) is 0. The van der Waals surface area contributed by atoms with E-state index in [0.29, 0.717) is 18.4 Å². The van der Waals surface area contributed by atoms with Crippen LogP contribution in [0, 0.1) is 5.41 Å². The maximum absolute atomic E-state index is 11.5. The molecule has 1 aliphatic rings. The standard InChI is InChI=1S/C10H20N2O/c1-10(2)4-7-12(8-5-10)9(13)3-6-11/h3-8,11H2,1-2H3. The third kappa shape index (κ3) is 2.99. The van der Waals surface area contributed by atoms with Crippen molar-refractivity contribution in [3.05, 3.63) is 0 Å². The van der Waals surface area contributed by atoms with Crippen molar-refractivity contribution >= 4 is 5.91 Å². The van der Waals surface area contributed by atoms with E-state index in [2.05, 4.69) is 13.8 Å². The first kappa shape index (κ1) is 10.5. The van der Waals surface area contributed by atoms with E-state index in [1.807, 2.05) is 4.90 Å². The molecule has 76 valence electrons. The lowest BCUT2D eigenvalue weighted by atomic mass is 9.82. The summed E-state index contributed by atoms with van der Waals surface area (Å²) < 4.78 is 0. The Morgan fingerprint density at radius 1 is 1.38 bits per heavy atom. The van der Waals surface area contributed by atoms with Gasteiger partial charge in [-0.05, 0) is 18.3 Å². The highest BCUT2D eigenvalue weighted by Crippen LogP contribution is 2.29. The minimum Gasteiger partial charge on any atom is -0.343 e. The predicted octanol–water partition coefficient (Wildman–Crippen LogP) is 0.984. The van der Waals surface area contributed by atoms with Gasteiger partial charge in [-0.2, -0.15) is 0 Å². The number of piperidine rings is 1. The molecule has 0 aromatic rings. The SMILES string of the molecule is CC1(C)CCN(C(=O)CCN)CC1. The summed E-state index contributed by atoms with van der Waals surface area (Å²) in [6.45, 7) is 6.81. The average molecular weight is 184 g/mol. The van der Waals surface area contributed by atoms with Crippen molar-refractivity contribution in [2.75, 3.05) is 19.6 Å². The van der Waals surface area contributed by atoms with Gasteiger partial charge in [0.2, 0.25) is 5.91 Å². The number of likely N-dealkylation sites (tertiary alicyclic amines) is 1. The van der Waals surface area contributed by atoms with Crippen LogP contribution in [0.4, 0.5) is 0 Å². The lowest BCUT2D eigenvalue weighted by Crippen LogP contribution is -2.41. The van der Waals surface area contributed by atoms with Crippen LogP contribution in [0.3, 0.4) is 0 Å². The third-order valence-corrected chi connectivity index (χ3v) is 2.83. The minimum absolute atomic E-state index is 0.220. The zero-order valence-electron chi connectivity index (χ0n) is 8.68. The van der Waals surface area contributed by atoms with Crippen LogP contribution in [0.25, 0.3) is 0 Å². The summed E-state index contributed by atoms with van der Waals surface area (Å²) in [5.41, 5.74) is 5.76. The molecule has 0 aromatic heterocycles. The van der Waals surface area contributed by atoms with E-state index in [-0.39, 0.29) is 5.91 Å². The number of carbonyl (C=O) groups is 1. The van der Waals surface area contributed by atoms with Gasteiger partial charge in [-0.15, -0.1) is 0 Å². The van der Waals surface area contributed by atoms with E-state index in [4.69, 9.17) is 5.73 Å². The molecule has 1 aliphatic heterocycles. The average Bonchev–Trinajstić information content (AvgIpc) is 2.04. The van der Waals surface area contributed by atoms with E-state index < -0.39 is 0 Å². The van der Waals surface area contributed by atoms with Crippen LogP contribution < -0.4 is 5.73 Å². The molecule has 0 unspecified atom stereocenters. The molecular weight excluding hydrogens is 164 g/mol. The first-order valence-electron chi connectivity index (χ1n) is 5.03. The molecule has 1 heterocycles. The van der Waals surface area contributed by atoms with Gasteiger partial charge < -0.3 is 10.6 Å². The molecule has 0 aromatic carbocycles. The summed E-state index contributed by atoms with van der Waals surface area (Å²) in [7, 11) is 0. The van der Waals surface area contributed by atoms with Gasteiger partial charge in [-0.1, -0.05) is 13.8 Å². The van der Waals surface area contributed by atoms with Crippen molar-refractivity contribution in [1.82, 2.24) is 4.90 Å². The van der Waals surface area contributed by atoms with Crippen molar-refractivity contribution in [3.8, 4) is 0 Å². The Kier molecular flexibility index (Phi) is 3.31. The molecule has 0 saturated carbocycles. The van der Waals surface area contributed by atoms with E-state index in [1.165, 1.54) is 0 Å². The van der Waals surface area contributed by atoms with Gasteiger partial charge in [-0.3, -0.25) is 4.79 Å². The first-order chi connectivity index (χ1) is 6.05. The molecule has 3 heteroatoms. The quantitative estimate of drug-likeness (QED) is 0.695. The van der Waals surface area contributed by atoms with Gasteiger partial charge >= 0.3 is 0 Å². The molecule has 1 rings (SSSR count). The molecule has 0 bridgehead atoms. The molecule has 1 amide bonds. The van der Waals surface area contributed by atoms with Crippen LogP contribution in [0.15, 0.2) is 0 Å². The van der Waals surface area contributed by atoms with Crippen LogP contribution in [0.2, 0.25) is 0 Å². The zero-order chi connectivity index (χ0) is 9.90. The second-order valence-electron chi connectivity index (χ2n) is 4.58. The highest BCUT2D eigenvalue weighted by atomic mass is 16.2. The molecule has 13 heavy (non-hydrogen) atoms. The fourth-order valence-electron chi connectivity index (χ4n) is 1.64. The van der Waals surface area contributed by atoms with Crippen LogP contribution in [0.5, 0.6) is 0 Å². The smallest absolute Gasteiger partial charge is 0.223 e. The molecule has 2 N–H and O–H groups in total. The predicted molar refractivity (Wildman–Crippen MR) is 53.3 cm³/mol. The Morgan fingerprint density at radius 3 is 2.38 bits per heavy atom. The Hall–Kier alpha value is -0.570. The zero-order valence-corrected chi connectivity index (χ0v) is 8.68. The van der Waals surface area contributed by atoms with Gasteiger partial charge in [-0.25, -0.2) is 0 Å². The molecule has 0 aliphatic carbocycles. The summed E-state index contributed by atoms with van der Waals surface area (Å²) >= 11 is 0. The lowest BCUT2D eigenvalue weighted by Gasteiger charge is -2.36. The first-order valence-corrected chi connectivity index (χ1v) is 5.03. The van der Waals surface area contributed by atoms with E-state index in [9.17, 15) is 4.79 Å². The van der Waals surface area contributed by atoms with Crippen molar-refractivity contribution < 1.29 is 4.79 Å². The summed E-state index contributed by atoms with van der Waals surface area (Å²) in [5, 5.41) is 0. The number of nitrogens with two attached hydrogens (primary N) is 1. The van der Waals surface area contributed by atoms with Gasteiger partial charge in [0.25, 0.3) is 0 Å². The molecule has 1 saturated heterocycles. The number of rotatable bonds is 2. The van der Waals surface area contributed by atoms with E-state index in [1.54, 1.807) is 0 Å². The second-order valence-corrected chi connectivity index (χ2v) is 4.58. The van der Waals surface area contributed by atoms with E-state index in [0.717, 1.165) is 25.9 Å². The number of hydrogen-bond donors (Lipinski definition) is 1. The Morgan fingerprint density at radius 2 is 1.92 bits per heavy atom. The Labute approximate surface area is 80.3 Å². The minimum atomic E-state index is 0.220. The van der Waals surface area contributed by atoms with Gasteiger partial charge in [0.05, 0.1) is 0 Å².